The first kappa shape index (κ1) is 19.9. The van der Waals surface area contributed by atoms with Crippen LogP contribution in [0.25, 0.3) is 16.4 Å². The standard InChI is InChI=1S/C24H26N4O2/c1-5-12-30-22-11-10-18-8-6-7-9-19(18)21(22)15-27(4)24(29)20-14-25-23-13-16(2)26-28(23)17(20)3/h6-11,13-14H,5,12,15H2,1-4H3. The van der Waals surface area contributed by atoms with Crippen molar-refractivity contribution < 1.29 is 9.53 Å². The summed E-state index contributed by atoms with van der Waals surface area (Å²) in [5.41, 5.74) is 3.96. The minimum Gasteiger partial charge on any atom is -0.493 e. The zero-order chi connectivity index (χ0) is 21.3. The molecule has 0 saturated heterocycles. The van der Waals surface area contributed by atoms with Crippen LogP contribution >= 0.6 is 0 Å². The van der Waals surface area contributed by atoms with Gasteiger partial charge in [-0.05, 0) is 37.1 Å². The lowest BCUT2D eigenvalue weighted by molar-refractivity contribution is 0.0782. The molecule has 0 aliphatic heterocycles. The second-order valence-electron chi connectivity index (χ2n) is 7.59. The maximum absolute atomic E-state index is 13.3. The van der Waals surface area contributed by atoms with Gasteiger partial charge in [0.2, 0.25) is 0 Å². The van der Waals surface area contributed by atoms with Crippen LogP contribution in [0.2, 0.25) is 0 Å². The molecule has 0 radical (unpaired) electrons. The fraction of sp³-hybridized carbons (Fsp3) is 0.292. The van der Waals surface area contributed by atoms with Gasteiger partial charge in [0.15, 0.2) is 5.65 Å². The first-order chi connectivity index (χ1) is 14.5. The predicted molar refractivity (Wildman–Crippen MR) is 118 cm³/mol. The van der Waals surface area contributed by atoms with Crippen molar-refractivity contribution in [3.8, 4) is 5.75 Å². The van der Waals surface area contributed by atoms with E-state index in [1.165, 1.54) is 0 Å². The lowest BCUT2D eigenvalue weighted by Gasteiger charge is -2.21. The summed E-state index contributed by atoms with van der Waals surface area (Å²) in [6.07, 6.45) is 2.57. The SMILES string of the molecule is CCCOc1ccc2ccccc2c1CN(C)C(=O)c1cnc2cc(C)nn2c1C. The molecule has 0 bridgehead atoms. The molecule has 2 aromatic heterocycles. The molecule has 6 nitrogen and oxygen atoms in total. The quantitative estimate of drug-likeness (QED) is 0.474. The van der Waals surface area contributed by atoms with E-state index in [-0.39, 0.29) is 5.91 Å². The Morgan fingerprint density at radius 3 is 2.77 bits per heavy atom. The van der Waals surface area contributed by atoms with Gasteiger partial charge in [-0.25, -0.2) is 9.50 Å². The summed E-state index contributed by atoms with van der Waals surface area (Å²) in [6.45, 7) is 6.98. The van der Waals surface area contributed by atoms with Crippen LogP contribution in [0.5, 0.6) is 5.75 Å². The normalized spacial score (nSPS) is 11.2. The molecule has 0 aliphatic carbocycles. The highest BCUT2D eigenvalue weighted by atomic mass is 16.5. The Balaban J connectivity index is 1.69. The number of fused-ring (bicyclic) bond motifs is 2. The van der Waals surface area contributed by atoms with Gasteiger partial charge in [0.05, 0.1) is 23.6 Å². The topological polar surface area (TPSA) is 59.7 Å². The molecule has 1 amide bonds. The Labute approximate surface area is 176 Å². The van der Waals surface area contributed by atoms with Crippen LogP contribution < -0.4 is 4.74 Å². The molecule has 0 N–H and O–H groups in total. The molecule has 0 unspecified atom stereocenters. The molecule has 0 spiro atoms. The van der Waals surface area contributed by atoms with E-state index in [1.54, 1.807) is 15.6 Å². The smallest absolute Gasteiger partial charge is 0.257 e. The molecule has 154 valence electrons. The summed E-state index contributed by atoms with van der Waals surface area (Å²) in [5.74, 6) is 0.729. The molecule has 4 rings (SSSR count). The van der Waals surface area contributed by atoms with Crippen molar-refractivity contribution >= 4 is 22.3 Å². The Hall–Kier alpha value is -3.41. The van der Waals surface area contributed by atoms with E-state index >= 15 is 0 Å². The third kappa shape index (κ3) is 3.61. The van der Waals surface area contributed by atoms with Crippen LogP contribution in [0, 0.1) is 13.8 Å². The lowest BCUT2D eigenvalue weighted by Crippen LogP contribution is -2.28. The van der Waals surface area contributed by atoms with Gasteiger partial charge in [-0.3, -0.25) is 4.79 Å². The zero-order valence-electron chi connectivity index (χ0n) is 17.8. The zero-order valence-corrected chi connectivity index (χ0v) is 17.8. The fourth-order valence-electron chi connectivity index (χ4n) is 3.71. The Kier molecular flexibility index (Phi) is 5.40. The van der Waals surface area contributed by atoms with Gasteiger partial charge in [-0.2, -0.15) is 5.10 Å². The van der Waals surface area contributed by atoms with Crippen molar-refractivity contribution in [2.24, 2.45) is 0 Å². The minimum absolute atomic E-state index is 0.0931. The van der Waals surface area contributed by atoms with E-state index in [0.29, 0.717) is 18.7 Å². The molecule has 0 atom stereocenters. The summed E-state index contributed by atoms with van der Waals surface area (Å²) in [7, 11) is 1.81. The van der Waals surface area contributed by atoms with Crippen molar-refractivity contribution in [1.82, 2.24) is 19.5 Å². The average Bonchev–Trinajstić information content (AvgIpc) is 3.14. The lowest BCUT2D eigenvalue weighted by atomic mass is 10.0. The third-order valence-electron chi connectivity index (χ3n) is 5.28. The van der Waals surface area contributed by atoms with Gasteiger partial charge in [-0.15, -0.1) is 0 Å². The van der Waals surface area contributed by atoms with Crippen molar-refractivity contribution in [1.29, 1.82) is 0 Å². The van der Waals surface area contributed by atoms with Crippen LogP contribution in [0.3, 0.4) is 0 Å². The monoisotopic (exact) mass is 402 g/mol. The van der Waals surface area contributed by atoms with Gasteiger partial charge in [0.25, 0.3) is 5.91 Å². The number of hydrogen-bond acceptors (Lipinski definition) is 4. The summed E-state index contributed by atoms with van der Waals surface area (Å²) in [6, 6.07) is 14.1. The van der Waals surface area contributed by atoms with Gasteiger partial charge in [-0.1, -0.05) is 37.3 Å². The second-order valence-corrected chi connectivity index (χ2v) is 7.59. The molecule has 0 fully saturated rings. The van der Waals surface area contributed by atoms with Crippen molar-refractivity contribution in [2.45, 2.75) is 33.7 Å². The molecule has 0 aliphatic rings. The molecule has 6 heteroatoms. The Morgan fingerprint density at radius 1 is 1.17 bits per heavy atom. The largest absolute Gasteiger partial charge is 0.493 e. The van der Waals surface area contributed by atoms with Crippen LogP contribution in [0.4, 0.5) is 0 Å². The van der Waals surface area contributed by atoms with Crippen LogP contribution in [-0.2, 0) is 6.54 Å². The number of amides is 1. The number of aryl methyl sites for hydroxylation is 2. The number of rotatable bonds is 6. The summed E-state index contributed by atoms with van der Waals surface area (Å²) < 4.78 is 7.73. The third-order valence-corrected chi connectivity index (χ3v) is 5.28. The number of carbonyl (C=O) groups is 1. The average molecular weight is 402 g/mol. The summed E-state index contributed by atoms with van der Waals surface area (Å²) >= 11 is 0. The van der Waals surface area contributed by atoms with E-state index < -0.39 is 0 Å². The maximum atomic E-state index is 13.3. The van der Waals surface area contributed by atoms with E-state index in [2.05, 4.69) is 35.2 Å². The van der Waals surface area contributed by atoms with Gasteiger partial charge >= 0.3 is 0 Å². The van der Waals surface area contributed by atoms with E-state index in [1.807, 2.05) is 45.2 Å². The fourth-order valence-corrected chi connectivity index (χ4v) is 3.71. The highest BCUT2D eigenvalue weighted by Gasteiger charge is 2.20. The Morgan fingerprint density at radius 2 is 1.97 bits per heavy atom. The number of hydrogen-bond donors (Lipinski definition) is 0. The molecule has 2 heterocycles. The Bertz CT molecular complexity index is 1230. The summed E-state index contributed by atoms with van der Waals surface area (Å²) in [4.78, 5) is 19.4. The maximum Gasteiger partial charge on any atom is 0.257 e. The molecular formula is C24H26N4O2. The highest BCUT2D eigenvalue weighted by Crippen LogP contribution is 2.30. The number of ether oxygens (including phenoxy) is 1. The number of aromatic nitrogens is 3. The van der Waals surface area contributed by atoms with E-state index in [4.69, 9.17) is 4.74 Å². The molecule has 4 aromatic rings. The molecular weight excluding hydrogens is 376 g/mol. The number of nitrogens with zero attached hydrogens (tertiary/aromatic N) is 4. The molecule has 0 saturated carbocycles. The van der Waals surface area contributed by atoms with Crippen molar-refractivity contribution in [2.75, 3.05) is 13.7 Å². The van der Waals surface area contributed by atoms with Gasteiger partial charge in [0, 0.05) is 31.4 Å². The van der Waals surface area contributed by atoms with Crippen molar-refractivity contribution in [3.63, 3.8) is 0 Å². The van der Waals surface area contributed by atoms with E-state index in [9.17, 15) is 4.79 Å². The second kappa shape index (κ2) is 8.14. The molecule has 30 heavy (non-hydrogen) atoms. The molecule has 2 aromatic carbocycles. The van der Waals surface area contributed by atoms with Gasteiger partial charge < -0.3 is 9.64 Å². The van der Waals surface area contributed by atoms with Crippen molar-refractivity contribution in [3.05, 3.63) is 71.2 Å². The van der Waals surface area contributed by atoms with E-state index in [0.717, 1.165) is 45.5 Å². The minimum atomic E-state index is -0.0931. The van der Waals surface area contributed by atoms with Gasteiger partial charge in [0.1, 0.15) is 5.75 Å². The first-order valence-electron chi connectivity index (χ1n) is 10.2. The highest BCUT2D eigenvalue weighted by molar-refractivity contribution is 5.95. The van der Waals surface area contributed by atoms with Crippen LogP contribution in [0.15, 0.2) is 48.7 Å². The number of benzene rings is 2. The first-order valence-corrected chi connectivity index (χ1v) is 10.2. The van der Waals surface area contributed by atoms with Crippen LogP contribution in [0.1, 0.15) is 40.7 Å². The number of carbonyl (C=O) groups excluding carboxylic acids is 1. The summed E-state index contributed by atoms with van der Waals surface area (Å²) in [5, 5.41) is 6.68. The predicted octanol–water partition coefficient (Wildman–Crippen LogP) is 4.56. The van der Waals surface area contributed by atoms with Crippen LogP contribution in [-0.4, -0.2) is 39.1 Å².